The molecule has 74 valence electrons. The molecule has 0 spiro atoms. The first-order valence-corrected chi connectivity index (χ1v) is 6.35. The summed E-state index contributed by atoms with van der Waals surface area (Å²) in [4.78, 5) is 0. The van der Waals surface area contributed by atoms with E-state index in [0.717, 1.165) is 5.56 Å². The van der Waals surface area contributed by atoms with Crippen molar-refractivity contribution in [3.63, 3.8) is 0 Å². The Hall–Kier alpha value is -0.690. The molecule has 2 nitrogen and oxygen atoms in total. The van der Waals surface area contributed by atoms with Crippen molar-refractivity contribution in [1.29, 1.82) is 0 Å². The highest BCUT2D eigenvalue weighted by Crippen LogP contribution is 2.14. The Morgan fingerprint density at radius 1 is 1.29 bits per heavy atom. The minimum absolute atomic E-state index is 0.269. The number of rotatable bonds is 1. The first-order valence-electron chi connectivity index (χ1n) is 3.67. The smallest absolute Gasteiger partial charge is 0.198 e. The van der Waals surface area contributed by atoms with Crippen molar-refractivity contribution in [3.05, 3.63) is 34.9 Å². The average Bonchev–Trinajstić information content (AvgIpc) is 2.06. The molecule has 0 amide bonds. The van der Waals surface area contributed by atoms with Gasteiger partial charge in [-0.15, -0.1) is 0 Å². The number of benzene rings is 1. The zero-order valence-corrected chi connectivity index (χ0v) is 9.33. The van der Waals surface area contributed by atoms with Crippen LogP contribution < -0.4 is 0 Å². The van der Waals surface area contributed by atoms with Crippen molar-refractivity contribution in [1.82, 2.24) is 0 Å². The van der Waals surface area contributed by atoms with Crippen LogP contribution in [0.2, 0.25) is 5.02 Å². The van der Waals surface area contributed by atoms with Crippen molar-refractivity contribution in [2.45, 2.75) is 6.42 Å². The van der Waals surface area contributed by atoms with Crippen molar-refractivity contribution in [2.75, 3.05) is 0 Å². The highest BCUT2D eigenvalue weighted by Gasteiger charge is 1.97. The molecule has 0 aromatic heterocycles. The van der Waals surface area contributed by atoms with Crippen molar-refractivity contribution >= 4 is 31.3 Å². The lowest BCUT2D eigenvalue weighted by molar-refractivity contribution is 0.618. The lowest BCUT2D eigenvalue weighted by Crippen LogP contribution is -1.85. The second-order valence-corrected chi connectivity index (χ2v) is 5.19. The number of halogens is 2. The van der Waals surface area contributed by atoms with Gasteiger partial charge in [-0.1, -0.05) is 35.7 Å². The van der Waals surface area contributed by atoms with E-state index in [9.17, 15) is 8.42 Å². The summed E-state index contributed by atoms with van der Waals surface area (Å²) in [6.07, 6.45) is 0.269. The van der Waals surface area contributed by atoms with E-state index in [-0.39, 0.29) is 6.42 Å². The molecule has 0 saturated heterocycles. The largest absolute Gasteiger partial charge is 0.300 e. The predicted molar refractivity (Wildman–Crippen MR) is 57.7 cm³/mol. The third kappa shape index (κ3) is 4.01. The van der Waals surface area contributed by atoms with E-state index in [2.05, 4.69) is 5.92 Å². The highest BCUT2D eigenvalue weighted by atomic mass is 35.7. The van der Waals surface area contributed by atoms with Crippen LogP contribution in [0.15, 0.2) is 24.3 Å². The van der Waals surface area contributed by atoms with Gasteiger partial charge < -0.3 is 0 Å². The van der Waals surface area contributed by atoms with Crippen LogP contribution in [0.4, 0.5) is 0 Å². The molecule has 0 aliphatic heterocycles. The van der Waals surface area contributed by atoms with E-state index >= 15 is 0 Å². The third-order valence-electron chi connectivity index (χ3n) is 1.43. The fraction of sp³-hybridized carbons (Fsp3) is 0.111. The molecule has 1 rings (SSSR count). The molecule has 0 fully saturated rings. The summed E-state index contributed by atoms with van der Waals surface area (Å²) in [5.74, 6) is 2.43. The zero-order chi connectivity index (χ0) is 10.6. The van der Waals surface area contributed by atoms with Crippen LogP contribution in [0.1, 0.15) is 5.56 Å². The molecule has 0 unspecified atom stereocenters. The Balaban J connectivity index is 2.80. The van der Waals surface area contributed by atoms with E-state index in [1.807, 2.05) is 5.25 Å². The Bertz CT molecular complexity index is 483. The normalized spacial score (nSPS) is 10.4. The van der Waals surface area contributed by atoms with Gasteiger partial charge in [0.2, 0.25) is 0 Å². The first-order chi connectivity index (χ1) is 6.49. The van der Waals surface area contributed by atoms with Crippen LogP contribution >= 0.6 is 22.3 Å². The maximum absolute atomic E-state index is 10.5. The molecule has 1 aromatic rings. The van der Waals surface area contributed by atoms with Crippen LogP contribution in [0.5, 0.6) is 0 Å². The number of hydrogen-bond acceptors (Lipinski definition) is 2. The monoisotopic (exact) mass is 248 g/mol. The molecule has 0 aliphatic carbocycles. The molecular weight excluding hydrogens is 243 g/mol. The van der Waals surface area contributed by atoms with Crippen molar-refractivity contribution < 1.29 is 8.42 Å². The molecule has 1 aromatic carbocycles. The van der Waals surface area contributed by atoms with Gasteiger partial charge >= 0.3 is 9.05 Å². The lowest BCUT2D eigenvalue weighted by Gasteiger charge is -1.96. The van der Waals surface area contributed by atoms with Gasteiger partial charge in [0.1, 0.15) is 0 Å². The van der Waals surface area contributed by atoms with Gasteiger partial charge in [0.15, 0.2) is 0 Å². The van der Waals surface area contributed by atoms with Crippen LogP contribution in [0, 0.1) is 11.2 Å². The van der Waals surface area contributed by atoms with Crippen LogP contribution in [-0.4, -0.2) is 8.42 Å². The van der Waals surface area contributed by atoms with E-state index in [4.69, 9.17) is 22.3 Å². The summed E-state index contributed by atoms with van der Waals surface area (Å²) in [6.45, 7) is 0. The highest BCUT2D eigenvalue weighted by molar-refractivity contribution is 8.17. The van der Waals surface area contributed by atoms with Crippen molar-refractivity contribution in [3.8, 4) is 11.2 Å². The fourth-order valence-corrected chi connectivity index (χ4v) is 1.47. The van der Waals surface area contributed by atoms with Crippen LogP contribution in [-0.2, 0) is 15.5 Å². The molecule has 14 heavy (non-hydrogen) atoms. The summed E-state index contributed by atoms with van der Waals surface area (Å²) < 4.78 is 20.9. The Labute approximate surface area is 92.3 Å². The molecule has 0 aliphatic rings. The minimum atomic E-state index is -3.74. The second-order valence-electron chi connectivity index (χ2n) is 2.48. The Morgan fingerprint density at radius 2 is 1.93 bits per heavy atom. The SMILES string of the molecule is O=S(=O)(Cl)C#CCc1ccccc1Cl. The third-order valence-corrected chi connectivity index (χ3v) is 2.42. The molecule has 0 heterocycles. The standard InChI is InChI=1S/C9H6Cl2O2S/c10-9-6-2-1-4-8(9)5-3-7-14(11,12)13/h1-2,4,6H,5H2. The minimum Gasteiger partial charge on any atom is -0.198 e. The van der Waals surface area contributed by atoms with Crippen LogP contribution in [0.25, 0.3) is 0 Å². The number of hydrogen-bond donors (Lipinski definition) is 0. The van der Waals surface area contributed by atoms with Gasteiger partial charge in [0.25, 0.3) is 0 Å². The topological polar surface area (TPSA) is 34.1 Å². The van der Waals surface area contributed by atoms with Gasteiger partial charge in [-0.05, 0) is 11.6 Å². The quantitative estimate of drug-likeness (QED) is 0.565. The first kappa shape index (κ1) is 11.4. The lowest BCUT2D eigenvalue weighted by atomic mass is 10.2. The van der Waals surface area contributed by atoms with Crippen LogP contribution in [0.3, 0.4) is 0 Å². The van der Waals surface area contributed by atoms with Gasteiger partial charge in [0.05, 0.1) is 0 Å². The summed E-state index contributed by atoms with van der Waals surface area (Å²) in [7, 11) is 1.17. The second kappa shape index (κ2) is 4.70. The molecule has 5 heteroatoms. The van der Waals surface area contributed by atoms with Gasteiger partial charge in [-0.3, -0.25) is 0 Å². The molecule has 0 radical (unpaired) electrons. The molecular formula is C9H6Cl2O2S. The fourth-order valence-electron chi connectivity index (χ4n) is 0.859. The van der Waals surface area contributed by atoms with E-state index in [1.54, 1.807) is 24.3 Å². The molecule has 0 atom stereocenters. The average molecular weight is 249 g/mol. The van der Waals surface area contributed by atoms with Gasteiger partial charge in [-0.25, -0.2) is 0 Å². The van der Waals surface area contributed by atoms with Gasteiger partial charge in [-0.2, -0.15) is 8.42 Å². The maximum Gasteiger partial charge on any atom is 0.300 e. The molecule has 0 bridgehead atoms. The predicted octanol–water partition coefficient (Wildman–Crippen LogP) is 2.41. The molecule has 0 N–H and O–H groups in total. The summed E-state index contributed by atoms with van der Waals surface area (Å²) in [5.41, 5.74) is 0.780. The summed E-state index contributed by atoms with van der Waals surface area (Å²) in [6, 6.07) is 7.08. The Kier molecular flexibility index (Phi) is 3.82. The maximum atomic E-state index is 10.5. The summed E-state index contributed by atoms with van der Waals surface area (Å²) >= 11 is 5.82. The van der Waals surface area contributed by atoms with Crippen molar-refractivity contribution in [2.24, 2.45) is 0 Å². The Morgan fingerprint density at radius 3 is 2.50 bits per heavy atom. The summed E-state index contributed by atoms with van der Waals surface area (Å²) in [5, 5.41) is 2.49. The zero-order valence-electron chi connectivity index (χ0n) is 7.00. The van der Waals surface area contributed by atoms with E-state index in [0.29, 0.717) is 5.02 Å². The van der Waals surface area contributed by atoms with E-state index in [1.165, 1.54) is 0 Å². The molecule has 0 saturated carbocycles. The van der Waals surface area contributed by atoms with E-state index < -0.39 is 9.05 Å². The van der Waals surface area contributed by atoms with Gasteiger partial charge in [0, 0.05) is 27.4 Å².